The molecule has 2 amide bonds. The molecule has 8 nitrogen and oxygen atoms in total. The first-order chi connectivity index (χ1) is 21.6. The van der Waals surface area contributed by atoms with Gasteiger partial charge in [-0.1, -0.05) is 86.7 Å². The number of rotatable bonds is 9. The van der Waals surface area contributed by atoms with Gasteiger partial charge in [0.25, 0.3) is 5.91 Å². The number of amides is 2. The Hall–Kier alpha value is -4.53. The molecule has 1 N–H and O–H groups in total. The minimum atomic E-state index is -0.608. The highest BCUT2D eigenvalue weighted by molar-refractivity contribution is 5.98. The minimum Gasteiger partial charge on any atom is -0.466 e. The van der Waals surface area contributed by atoms with Crippen LogP contribution in [0.5, 0.6) is 0 Å². The van der Waals surface area contributed by atoms with E-state index in [1.54, 1.807) is 45.0 Å². The molecule has 0 atom stereocenters. The molecule has 0 bridgehead atoms. The number of nitrogens with one attached hydrogen (secondary N) is 1. The van der Waals surface area contributed by atoms with Gasteiger partial charge >= 0.3 is 5.97 Å². The summed E-state index contributed by atoms with van der Waals surface area (Å²) in [5, 5.41) is 8.34. The van der Waals surface area contributed by atoms with Gasteiger partial charge in [0.1, 0.15) is 11.4 Å². The Morgan fingerprint density at radius 3 is 2.20 bits per heavy atom. The van der Waals surface area contributed by atoms with Crippen molar-refractivity contribution < 1.29 is 28.2 Å². The van der Waals surface area contributed by atoms with Gasteiger partial charge in [0, 0.05) is 12.0 Å². The summed E-state index contributed by atoms with van der Waals surface area (Å²) in [7, 11) is 0. The zero-order valence-corrected chi connectivity index (χ0v) is 26.3. The minimum absolute atomic E-state index is 0.0346. The molecule has 0 spiro atoms. The fourth-order valence-electron chi connectivity index (χ4n) is 4.94. The number of ether oxygens (including phenoxy) is 2. The Bertz CT molecular complexity index is 1470. The Balaban J connectivity index is 0.000000838. The Kier molecular flexibility index (Phi) is 11.8. The molecular weight excluding hydrogens is 573 g/mol. The predicted molar refractivity (Wildman–Crippen MR) is 172 cm³/mol. The van der Waals surface area contributed by atoms with Crippen LogP contribution in [0, 0.1) is 5.82 Å². The van der Waals surface area contributed by atoms with Crippen molar-refractivity contribution in [2.75, 3.05) is 11.9 Å². The van der Waals surface area contributed by atoms with Gasteiger partial charge < -0.3 is 14.8 Å². The lowest BCUT2D eigenvalue weighted by atomic mass is 10.1. The molecule has 5 rings (SSSR count). The first kappa shape index (κ1) is 33.4. The van der Waals surface area contributed by atoms with E-state index in [9.17, 15) is 18.8 Å². The van der Waals surface area contributed by atoms with Crippen LogP contribution < -0.4 is 5.32 Å². The first-order valence-corrected chi connectivity index (χ1v) is 15.5. The summed E-state index contributed by atoms with van der Waals surface area (Å²) >= 11 is 0. The average molecular weight is 616 g/mol. The highest BCUT2D eigenvalue weighted by Crippen LogP contribution is 2.21. The SMILES string of the molecule is C1CCCC1.CC(C)(C)OC(=O)CCc1cccc(NC(=O)Cc2ccc(CN3N=C(c4ccccc4)OCC3=O)cc2)c1F. The number of anilines is 1. The van der Waals surface area contributed by atoms with Gasteiger partial charge in [0.15, 0.2) is 6.61 Å². The van der Waals surface area contributed by atoms with Crippen LogP contribution >= 0.6 is 0 Å². The summed E-state index contributed by atoms with van der Waals surface area (Å²) in [6, 6.07) is 21.3. The quantitative estimate of drug-likeness (QED) is 0.263. The molecule has 1 heterocycles. The third kappa shape index (κ3) is 10.8. The average Bonchev–Trinajstić information content (AvgIpc) is 3.60. The molecule has 1 aliphatic heterocycles. The maximum Gasteiger partial charge on any atom is 0.306 e. The van der Waals surface area contributed by atoms with Crippen molar-refractivity contribution in [3.05, 3.63) is 101 Å². The van der Waals surface area contributed by atoms with E-state index in [4.69, 9.17) is 9.47 Å². The van der Waals surface area contributed by atoms with Crippen LogP contribution in [-0.2, 0) is 43.2 Å². The maximum absolute atomic E-state index is 15.0. The lowest BCUT2D eigenvalue weighted by Crippen LogP contribution is -2.36. The molecule has 0 radical (unpaired) electrons. The standard InChI is InChI=1S/C31H32FN3O5.C5H10/c1-31(2,3)40-28(38)17-16-23-10-7-11-25(29(23)32)33-26(36)18-21-12-14-22(15-13-21)19-35-27(37)20-39-30(34-35)24-8-5-4-6-9-24;1-2-4-5-3-1/h4-15H,16-20H2,1-3H3,(H,33,36);1-5H2. The molecule has 1 fully saturated rings. The molecule has 238 valence electrons. The number of hydrogen-bond donors (Lipinski definition) is 1. The second-order valence-electron chi connectivity index (χ2n) is 12.2. The zero-order valence-electron chi connectivity index (χ0n) is 26.3. The van der Waals surface area contributed by atoms with E-state index in [1.807, 2.05) is 42.5 Å². The Labute approximate surface area is 264 Å². The number of halogens is 1. The second-order valence-corrected chi connectivity index (χ2v) is 12.2. The van der Waals surface area contributed by atoms with E-state index in [0.717, 1.165) is 16.7 Å². The van der Waals surface area contributed by atoms with Crippen LogP contribution in [0.2, 0.25) is 0 Å². The zero-order chi connectivity index (χ0) is 32.2. The van der Waals surface area contributed by atoms with Gasteiger partial charge in [-0.3, -0.25) is 14.4 Å². The molecule has 3 aromatic carbocycles. The normalized spacial score (nSPS) is 14.5. The van der Waals surface area contributed by atoms with Crippen molar-refractivity contribution in [3.63, 3.8) is 0 Å². The fourth-order valence-corrected chi connectivity index (χ4v) is 4.94. The van der Waals surface area contributed by atoms with Crippen molar-refractivity contribution >= 4 is 29.4 Å². The monoisotopic (exact) mass is 615 g/mol. The van der Waals surface area contributed by atoms with Crippen LogP contribution in [0.4, 0.5) is 10.1 Å². The largest absolute Gasteiger partial charge is 0.466 e. The van der Waals surface area contributed by atoms with Crippen molar-refractivity contribution in [1.29, 1.82) is 0 Å². The maximum atomic E-state index is 15.0. The van der Waals surface area contributed by atoms with Gasteiger partial charge in [0.2, 0.25) is 11.8 Å². The summed E-state index contributed by atoms with van der Waals surface area (Å²) in [6.07, 6.45) is 7.73. The van der Waals surface area contributed by atoms with Crippen LogP contribution in [0.3, 0.4) is 0 Å². The number of benzene rings is 3. The van der Waals surface area contributed by atoms with E-state index < -0.39 is 17.4 Å². The molecule has 45 heavy (non-hydrogen) atoms. The van der Waals surface area contributed by atoms with Crippen molar-refractivity contribution in [3.8, 4) is 0 Å². The van der Waals surface area contributed by atoms with E-state index in [-0.39, 0.29) is 49.9 Å². The molecular formula is C36H42FN3O5. The highest BCUT2D eigenvalue weighted by Gasteiger charge is 2.23. The number of esters is 1. The fraction of sp³-hybridized carbons (Fsp3) is 0.389. The van der Waals surface area contributed by atoms with E-state index in [0.29, 0.717) is 11.5 Å². The topological polar surface area (TPSA) is 97.3 Å². The molecule has 2 aliphatic rings. The molecule has 0 aromatic heterocycles. The number of aryl methyl sites for hydroxylation is 1. The van der Waals surface area contributed by atoms with Gasteiger partial charge in [-0.2, -0.15) is 0 Å². The van der Waals surface area contributed by atoms with Gasteiger partial charge in [-0.25, -0.2) is 9.40 Å². The molecule has 0 saturated heterocycles. The number of carbonyl (C=O) groups excluding carboxylic acids is 3. The summed E-state index contributed by atoms with van der Waals surface area (Å²) in [4.78, 5) is 37.0. The Morgan fingerprint density at radius 2 is 1.56 bits per heavy atom. The van der Waals surface area contributed by atoms with Crippen molar-refractivity contribution in [2.24, 2.45) is 5.10 Å². The summed E-state index contributed by atoms with van der Waals surface area (Å²) in [5.41, 5.74) is 2.11. The second kappa shape index (κ2) is 16.0. The van der Waals surface area contributed by atoms with Gasteiger partial charge in [-0.15, -0.1) is 5.10 Å². The molecule has 1 saturated carbocycles. The number of nitrogens with zero attached hydrogens (tertiary/aromatic N) is 2. The lowest BCUT2D eigenvalue weighted by Gasteiger charge is -2.24. The summed E-state index contributed by atoms with van der Waals surface area (Å²) < 4.78 is 25.7. The Morgan fingerprint density at radius 1 is 0.911 bits per heavy atom. The van der Waals surface area contributed by atoms with Crippen LogP contribution in [0.15, 0.2) is 77.9 Å². The van der Waals surface area contributed by atoms with E-state index in [1.165, 1.54) is 43.2 Å². The number of hydrogen-bond acceptors (Lipinski definition) is 6. The summed E-state index contributed by atoms with van der Waals surface area (Å²) in [5.74, 6) is -1.23. The first-order valence-electron chi connectivity index (χ1n) is 15.5. The van der Waals surface area contributed by atoms with Crippen LogP contribution in [0.25, 0.3) is 0 Å². The van der Waals surface area contributed by atoms with Gasteiger partial charge in [-0.05, 0) is 62.1 Å². The predicted octanol–water partition coefficient (Wildman–Crippen LogP) is 6.95. The van der Waals surface area contributed by atoms with E-state index >= 15 is 0 Å². The third-order valence-electron chi connectivity index (χ3n) is 7.19. The van der Waals surface area contributed by atoms with Crippen molar-refractivity contribution in [2.45, 2.75) is 84.3 Å². The lowest BCUT2D eigenvalue weighted by molar-refractivity contribution is -0.154. The summed E-state index contributed by atoms with van der Waals surface area (Å²) in [6.45, 7) is 5.49. The molecule has 1 aliphatic carbocycles. The van der Waals surface area contributed by atoms with Crippen LogP contribution in [0.1, 0.15) is 81.5 Å². The molecule has 9 heteroatoms. The molecule has 3 aromatic rings. The van der Waals surface area contributed by atoms with E-state index in [2.05, 4.69) is 10.4 Å². The van der Waals surface area contributed by atoms with Gasteiger partial charge in [0.05, 0.1) is 18.7 Å². The molecule has 0 unspecified atom stereocenters. The smallest absolute Gasteiger partial charge is 0.306 e. The number of carbonyl (C=O) groups is 3. The van der Waals surface area contributed by atoms with Crippen LogP contribution in [-0.4, -0.2) is 40.9 Å². The third-order valence-corrected chi connectivity index (χ3v) is 7.19. The number of hydrazone groups is 1. The van der Waals surface area contributed by atoms with Crippen molar-refractivity contribution in [1.82, 2.24) is 5.01 Å². The highest BCUT2D eigenvalue weighted by atomic mass is 19.1.